The monoisotopic (exact) mass is 318 g/mol. The molecule has 0 N–H and O–H groups in total. The van der Waals surface area contributed by atoms with Crippen molar-refractivity contribution < 1.29 is 13.2 Å². The summed E-state index contributed by atoms with van der Waals surface area (Å²) in [4.78, 5) is 2.07. The zero-order chi connectivity index (χ0) is 14.8. The largest absolute Gasteiger partial charge is 0.380 e. The zero-order valence-electron chi connectivity index (χ0n) is 12.2. The predicted molar refractivity (Wildman–Crippen MR) is 80.7 cm³/mol. The molecule has 0 unspecified atom stereocenters. The van der Waals surface area contributed by atoms with E-state index in [0.29, 0.717) is 30.5 Å². The van der Waals surface area contributed by atoms with Gasteiger partial charge in [0.1, 0.15) is 4.21 Å². The number of thiophene rings is 1. The SMILES string of the molecule is Cc1csc(S(=O)(=O)N2CCOC[C@@H](CN(C)C)C2)c1. The predicted octanol–water partition coefficient (Wildman–Crippen LogP) is 1.26. The lowest BCUT2D eigenvalue weighted by molar-refractivity contribution is 0.113. The van der Waals surface area contributed by atoms with Gasteiger partial charge in [-0.25, -0.2) is 8.42 Å². The molecule has 0 saturated carbocycles. The van der Waals surface area contributed by atoms with Crippen LogP contribution in [0.1, 0.15) is 5.56 Å². The van der Waals surface area contributed by atoms with Crippen molar-refractivity contribution >= 4 is 21.4 Å². The van der Waals surface area contributed by atoms with Gasteiger partial charge in [0.25, 0.3) is 10.0 Å². The Morgan fingerprint density at radius 2 is 2.25 bits per heavy atom. The molecule has 1 aliphatic rings. The second kappa shape index (κ2) is 6.53. The Hall–Kier alpha value is -0.470. The maximum Gasteiger partial charge on any atom is 0.252 e. The Bertz CT molecular complexity index is 540. The Morgan fingerprint density at radius 1 is 1.50 bits per heavy atom. The van der Waals surface area contributed by atoms with Crippen molar-refractivity contribution in [1.29, 1.82) is 0 Å². The second-order valence-corrected chi connectivity index (χ2v) is 8.59. The quantitative estimate of drug-likeness (QED) is 0.838. The lowest BCUT2D eigenvalue weighted by Gasteiger charge is -2.24. The molecule has 1 fully saturated rings. The maximum absolute atomic E-state index is 12.7. The number of ether oxygens (including phenoxy) is 1. The minimum absolute atomic E-state index is 0.211. The first-order valence-corrected chi connectivity index (χ1v) is 8.99. The van der Waals surface area contributed by atoms with E-state index < -0.39 is 10.0 Å². The molecule has 0 amide bonds. The Kier molecular flexibility index (Phi) is 5.19. The molecule has 20 heavy (non-hydrogen) atoms. The average Bonchev–Trinajstić information content (AvgIpc) is 2.66. The fourth-order valence-electron chi connectivity index (χ4n) is 2.36. The summed E-state index contributed by atoms with van der Waals surface area (Å²) in [5.74, 6) is 0.211. The summed E-state index contributed by atoms with van der Waals surface area (Å²) >= 11 is 1.29. The molecular formula is C13H22N2O3S2. The molecule has 1 aromatic heterocycles. The van der Waals surface area contributed by atoms with Crippen LogP contribution in [0.4, 0.5) is 0 Å². The van der Waals surface area contributed by atoms with Crippen molar-refractivity contribution in [3.8, 4) is 0 Å². The molecule has 0 aromatic carbocycles. The van der Waals surface area contributed by atoms with Crippen LogP contribution < -0.4 is 0 Å². The summed E-state index contributed by atoms with van der Waals surface area (Å²) in [6, 6.07) is 1.74. The highest BCUT2D eigenvalue weighted by molar-refractivity contribution is 7.91. The lowest BCUT2D eigenvalue weighted by Crippen LogP contribution is -2.38. The van der Waals surface area contributed by atoms with Gasteiger partial charge in [0.2, 0.25) is 0 Å². The molecule has 114 valence electrons. The highest BCUT2D eigenvalue weighted by Crippen LogP contribution is 2.25. The number of hydrogen-bond donors (Lipinski definition) is 0. The molecule has 0 spiro atoms. The molecule has 0 radical (unpaired) electrons. The van der Waals surface area contributed by atoms with Crippen LogP contribution in [0.25, 0.3) is 0 Å². The standard InChI is InChI=1S/C13H22N2O3S2/c1-11-6-13(19-10-11)20(16,17)15-4-5-18-9-12(8-15)7-14(2)3/h6,10,12H,4-5,7-9H2,1-3H3/t12-/m0/s1. The van der Waals surface area contributed by atoms with Crippen molar-refractivity contribution in [1.82, 2.24) is 9.21 Å². The van der Waals surface area contributed by atoms with Crippen molar-refractivity contribution in [2.75, 3.05) is 46.9 Å². The average molecular weight is 318 g/mol. The number of hydrogen-bond acceptors (Lipinski definition) is 5. The van der Waals surface area contributed by atoms with E-state index in [9.17, 15) is 8.42 Å². The third kappa shape index (κ3) is 3.79. The van der Waals surface area contributed by atoms with Crippen LogP contribution >= 0.6 is 11.3 Å². The van der Waals surface area contributed by atoms with Gasteiger partial charge < -0.3 is 9.64 Å². The maximum atomic E-state index is 12.7. The summed E-state index contributed by atoms with van der Waals surface area (Å²) in [6.07, 6.45) is 0. The van der Waals surface area contributed by atoms with Gasteiger partial charge in [0, 0.05) is 25.6 Å². The first kappa shape index (κ1) is 15.9. The van der Waals surface area contributed by atoms with Crippen LogP contribution in [0.2, 0.25) is 0 Å². The molecule has 2 rings (SSSR count). The summed E-state index contributed by atoms with van der Waals surface area (Å²) in [7, 11) is 0.605. The van der Waals surface area contributed by atoms with Gasteiger partial charge >= 0.3 is 0 Å². The van der Waals surface area contributed by atoms with Crippen molar-refractivity contribution in [3.05, 3.63) is 17.0 Å². The summed E-state index contributed by atoms with van der Waals surface area (Å²) in [5.41, 5.74) is 0.990. The molecule has 7 heteroatoms. The minimum Gasteiger partial charge on any atom is -0.380 e. The Labute approximate surface area is 125 Å². The van der Waals surface area contributed by atoms with E-state index in [1.54, 1.807) is 10.4 Å². The molecule has 5 nitrogen and oxygen atoms in total. The van der Waals surface area contributed by atoms with Crippen molar-refractivity contribution in [3.63, 3.8) is 0 Å². The molecule has 1 saturated heterocycles. The smallest absolute Gasteiger partial charge is 0.252 e. The lowest BCUT2D eigenvalue weighted by atomic mass is 10.1. The van der Waals surface area contributed by atoms with Crippen LogP contribution in [-0.4, -0.2) is 64.6 Å². The molecule has 2 heterocycles. The zero-order valence-corrected chi connectivity index (χ0v) is 13.8. The van der Waals surface area contributed by atoms with Gasteiger partial charge in [0.15, 0.2) is 0 Å². The van der Waals surface area contributed by atoms with Crippen LogP contribution in [0, 0.1) is 12.8 Å². The third-order valence-electron chi connectivity index (χ3n) is 3.22. The van der Waals surface area contributed by atoms with Gasteiger partial charge in [-0.1, -0.05) is 0 Å². The summed E-state index contributed by atoms with van der Waals surface area (Å²) in [5, 5.41) is 1.87. The van der Waals surface area contributed by atoms with E-state index in [-0.39, 0.29) is 5.92 Å². The first-order valence-electron chi connectivity index (χ1n) is 6.67. The Balaban J connectivity index is 2.17. The van der Waals surface area contributed by atoms with Gasteiger partial charge in [-0.3, -0.25) is 0 Å². The number of rotatable bonds is 4. The molecule has 1 atom stereocenters. The van der Waals surface area contributed by atoms with Gasteiger partial charge in [-0.2, -0.15) is 4.31 Å². The van der Waals surface area contributed by atoms with E-state index in [1.165, 1.54) is 11.3 Å². The highest BCUT2D eigenvalue weighted by Gasteiger charge is 2.30. The number of nitrogens with zero attached hydrogens (tertiary/aromatic N) is 2. The van der Waals surface area contributed by atoms with Crippen LogP contribution in [0.5, 0.6) is 0 Å². The molecule has 0 bridgehead atoms. The number of sulfonamides is 1. The van der Waals surface area contributed by atoms with Crippen LogP contribution in [0.15, 0.2) is 15.7 Å². The topological polar surface area (TPSA) is 49.9 Å². The van der Waals surface area contributed by atoms with Crippen LogP contribution in [0.3, 0.4) is 0 Å². The van der Waals surface area contributed by atoms with E-state index >= 15 is 0 Å². The molecule has 1 aromatic rings. The van der Waals surface area contributed by atoms with Crippen LogP contribution in [-0.2, 0) is 14.8 Å². The van der Waals surface area contributed by atoms with Gasteiger partial charge in [-0.15, -0.1) is 11.3 Å². The second-order valence-electron chi connectivity index (χ2n) is 5.51. The van der Waals surface area contributed by atoms with Crippen molar-refractivity contribution in [2.45, 2.75) is 11.1 Å². The fraction of sp³-hybridized carbons (Fsp3) is 0.692. The van der Waals surface area contributed by atoms with Gasteiger partial charge in [0.05, 0.1) is 13.2 Å². The van der Waals surface area contributed by atoms with E-state index in [0.717, 1.165) is 12.1 Å². The van der Waals surface area contributed by atoms with E-state index in [1.807, 2.05) is 26.4 Å². The minimum atomic E-state index is -3.38. The fourth-order valence-corrected chi connectivity index (χ4v) is 5.24. The van der Waals surface area contributed by atoms with E-state index in [4.69, 9.17) is 4.74 Å². The summed E-state index contributed by atoms with van der Waals surface area (Å²) < 4.78 is 32.8. The Morgan fingerprint density at radius 3 is 2.85 bits per heavy atom. The normalized spacial score (nSPS) is 22.1. The third-order valence-corrected chi connectivity index (χ3v) is 6.62. The van der Waals surface area contributed by atoms with Crippen molar-refractivity contribution in [2.24, 2.45) is 5.92 Å². The molecule has 1 aliphatic heterocycles. The van der Waals surface area contributed by atoms with Gasteiger partial charge in [-0.05, 0) is 38.0 Å². The first-order chi connectivity index (χ1) is 9.39. The summed E-state index contributed by atoms with van der Waals surface area (Å²) in [6.45, 7) is 4.78. The number of aryl methyl sites for hydroxylation is 1. The highest BCUT2D eigenvalue weighted by atomic mass is 32.2. The molecule has 0 aliphatic carbocycles. The van der Waals surface area contributed by atoms with E-state index in [2.05, 4.69) is 4.90 Å². The molecular weight excluding hydrogens is 296 g/mol.